The van der Waals surface area contributed by atoms with Crippen LogP contribution in [-0.2, 0) is 6.54 Å². The Morgan fingerprint density at radius 2 is 2.30 bits per heavy atom. The van der Waals surface area contributed by atoms with E-state index in [9.17, 15) is 4.79 Å². The van der Waals surface area contributed by atoms with E-state index in [0.717, 1.165) is 24.3 Å². The maximum Gasteiger partial charge on any atom is 0.270 e. The molecule has 1 unspecified atom stereocenters. The Hall–Kier alpha value is -2.43. The lowest BCUT2D eigenvalue weighted by Crippen LogP contribution is -2.34. The molecular weight excluding hydrogens is 288 g/mol. The molecule has 1 atom stereocenters. The van der Waals surface area contributed by atoms with Crippen molar-refractivity contribution in [3.8, 4) is 0 Å². The van der Waals surface area contributed by atoms with E-state index in [0.29, 0.717) is 18.2 Å². The molecule has 3 rings (SSSR count). The fourth-order valence-electron chi connectivity index (χ4n) is 2.94. The van der Waals surface area contributed by atoms with Crippen LogP contribution >= 0.6 is 0 Å². The molecule has 1 N–H and O–H groups in total. The van der Waals surface area contributed by atoms with Crippen molar-refractivity contribution in [2.24, 2.45) is 5.92 Å². The molecule has 3 heterocycles. The number of aromatic nitrogens is 2. The molecule has 23 heavy (non-hydrogen) atoms. The third-order valence-electron chi connectivity index (χ3n) is 4.17. The number of pyridine rings is 2. The summed E-state index contributed by atoms with van der Waals surface area (Å²) in [6, 6.07) is 7.66. The van der Waals surface area contributed by atoms with Gasteiger partial charge in [0.05, 0.1) is 0 Å². The minimum absolute atomic E-state index is 0.152. The van der Waals surface area contributed by atoms with Crippen molar-refractivity contribution in [1.29, 1.82) is 0 Å². The Bertz CT molecular complexity index is 659. The second-order valence-corrected chi connectivity index (χ2v) is 6.14. The van der Waals surface area contributed by atoms with E-state index >= 15 is 0 Å². The van der Waals surface area contributed by atoms with Gasteiger partial charge in [0.25, 0.3) is 5.91 Å². The quantitative estimate of drug-likeness (QED) is 0.943. The zero-order valence-corrected chi connectivity index (χ0v) is 13.4. The molecule has 1 saturated heterocycles. The first-order chi connectivity index (χ1) is 11.2. The standard InChI is InChI=1S/C18H22N4O/c1-14-4-3-9-22(13-14)16-6-8-20-17(10-16)18(23)21-12-15-5-2-7-19-11-15/h2,5-8,10-11,14H,3-4,9,12-13H2,1H3,(H,21,23). The normalized spacial score (nSPS) is 17.8. The van der Waals surface area contributed by atoms with Crippen LogP contribution in [0.1, 0.15) is 35.8 Å². The van der Waals surface area contributed by atoms with Gasteiger partial charge in [-0.15, -0.1) is 0 Å². The Kier molecular flexibility index (Phi) is 4.86. The van der Waals surface area contributed by atoms with Crippen LogP contribution in [0.25, 0.3) is 0 Å². The molecule has 1 aliphatic heterocycles. The molecular formula is C18H22N4O. The van der Waals surface area contributed by atoms with E-state index in [4.69, 9.17) is 0 Å². The molecule has 1 fully saturated rings. The van der Waals surface area contributed by atoms with Gasteiger partial charge in [-0.1, -0.05) is 13.0 Å². The van der Waals surface area contributed by atoms with Crippen molar-refractivity contribution in [3.05, 3.63) is 54.1 Å². The zero-order valence-electron chi connectivity index (χ0n) is 13.4. The number of rotatable bonds is 4. The summed E-state index contributed by atoms with van der Waals surface area (Å²) in [7, 11) is 0. The Balaban J connectivity index is 1.65. The maximum atomic E-state index is 12.3. The third-order valence-corrected chi connectivity index (χ3v) is 4.17. The molecule has 0 spiro atoms. The number of hydrogen-bond donors (Lipinski definition) is 1. The molecule has 5 heteroatoms. The largest absolute Gasteiger partial charge is 0.371 e. The molecule has 0 radical (unpaired) electrons. The average molecular weight is 310 g/mol. The Morgan fingerprint density at radius 1 is 1.39 bits per heavy atom. The van der Waals surface area contributed by atoms with Gasteiger partial charge in [0.2, 0.25) is 0 Å². The summed E-state index contributed by atoms with van der Waals surface area (Å²) in [6.07, 6.45) is 7.66. The first-order valence-corrected chi connectivity index (χ1v) is 8.10. The van der Waals surface area contributed by atoms with Crippen LogP contribution in [0.4, 0.5) is 5.69 Å². The summed E-state index contributed by atoms with van der Waals surface area (Å²) in [5.41, 5.74) is 2.52. The number of amides is 1. The lowest BCUT2D eigenvalue weighted by Gasteiger charge is -2.32. The maximum absolute atomic E-state index is 12.3. The number of nitrogens with one attached hydrogen (secondary N) is 1. The van der Waals surface area contributed by atoms with Crippen molar-refractivity contribution in [2.45, 2.75) is 26.3 Å². The molecule has 120 valence electrons. The van der Waals surface area contributed by atoms with E-state index in [1.807, 2.05) is 24.3 Å². The van der Waals surface area contributed by atoms with E-state index in [1.165, 1.54) is 12.8 Å². The van der Waals surface area contributed by atoms with E-state index in [-0.39, 0.29) is 5.91 Å². The molecule has 0 aromatic carbocycles. The van der Waals surface area contributed by atoms with Gasteiger partial charge >= 0.3 is 0 Å². The van der Waals surface area contributed by atoms with Crippen LogP contribution in [-0.4, -0.2) is 29.0 Å². The van der Waals surface area contributed by atoms with Crippen LogP contribution in [0.5, 0.6) is 0 Å². The van der Waals surface area contributed by atoms with Crippen LogP contribution in [0.2, 0.25) is 0 Å². The van der Waals surface area contributed by atoms with Gasteiger partial charge in [-0.25, -0.2) is 0 Å². The number of piperidine rings is 1. The Morgan fingerprint density at radius 3 is 3.09 bits per heavy atom. The van der Waals surface area contributed by atoms with E-state index < -0.39 is 0 Å². The van der Waals surface area contributed by atoms with Gasteiger partial charge in [-0.05, 0) is 42.5 Å². The molecule has 2 aromatic rings. The number of carbonyl (C=O) groups excluding carboxylic acids is 1. The third kappa shape index (κ3) is 4.06. The van der Waals surface area contributed by atoms with Gasteiger partial charge in [0.15, 0.2) is 0 Å². The lowest BCUT2D eigenvalue weighted by atomic mass is 10.00. The van der Waals surface area contributed by atoms with Gasteiger partial charge in [-0.3, -0.25) is 14.8 Å². The summed E-state index contributed by atoms with van der Waals surface area (Å²) in [6.45, 7) is 4.82. The minimum Gasteiger partial charge on any atom is -0.371 e. The van der Waals surface area contributed by atoms with Crippen molar-refractivity contribution in [1.82, 2.24) is 15.3 Å². The van der Waals surface area contributed by atoms with Gasteiger partial charge < -0.3 is 10.2 Å². The first kappa shape index (κ1) is 15.5. The fourth-order valence-corrected chi connectivity index (χ4v) is 2.94. The first-order valence-electron chi connectivity index (χ1n) is 8.10. The highest BCUT2D eigenvalue weighted by Gasteiger charge is 2.18. The SMILES string of the molecule is CC1CCCN(c2ccnc(C(=O)NCc3cccnc3)c2)C1. The minimum atomic E-state index is -0.152. The number of nitrogens with zero attached hydrogens (tertiary/aromatic N) is 3. The van der Waals surface area contributed by atoms with Crippen LogP contribution in [0, 0.1) is 5.92 Å². The molecule has 1 amide bonds. The Labute approximate surface area is 136 Å². The molecule has 1 aliphatic rings. The van der Waals surface area contributed by atoms with Crippen LogP contribution in [0.3, 0.4) is 0 Å². The van der Waals surface area contributed by atoms with Crippen molar-refractivity contribution >= 4 is 11.6 Å². The number of carbonyl (C=O) groups is 1. The monoisotopic (exact) mass is 310 g/mol. The molecule has 5 nitrogen and oxygen atoms in total. The molecule has 0 saturated carbocycles. The summed E-state index contributed by atoms with van der Waals surface area (Å²) in [5, 5.41) is 2.89. The predicted octanol–water partition coefficient (Wildman–Crippen LogP) is 2.64. The number of hydrogen-bond acceptors (Lipinski definition) is 4. The predicted molar refractivity (Wildman–Crippen MR) is 90.3 cm³/mol. The average Bonchev–Trinajstić information content (AvgIpc) is 2.61. The summed E-state index contributed by atoms with van der Waals surface area (Å²) in [4.78, 5) is 22.9. The lowest BCUT2D eigenvalue weighted by molar-refractivity contribution is 0.0946. The molecule has 0 bridgehead atoms. The van der Waals surface area contributed by atoms with Gasteiger partial charge in [0, 0.05) is 43.9 Å². The van der Waals surface area contributed by atoms with Crippen LogP contribution in [0.15, 0.2) is 42.9 Å². The van der Waals surface area contributed by atoms with E-state index in [2.05, 4.69) is 27.1 Å². The van der Waals surface area contributed by atoms with Gasteiger partial charge in [-0.2, -0.15) is 0 Å². The second-order valence-electron chi connectivity index (χ2n) is 6.14. The second kappa shape index (κ2) is 7.22. The summed E-state index contributed by atoms with van der Waals surface area (Å²) >= 11 is 0. The highest BCUT2D eigenvalue weighted by molar-refractivity contribution is 5.93. The van der Waals surface area contributed by atoms with Crippen LogP contribution < -0.4 is 10.2 Å². The smallest absolute Gasteiger partial charge is 0.270 e. The molecule has 0 aliphatic carbocycles. The topological polar surface area (TPSA) is 58.1 Å². The van der Waals surface area contributed by atoms with Gasteiger partial charge in [0.1, 0.15) is 5.69 Å². The summed E-state index contributed by atoms with van der Waals surface area (Å²) < 4.78 is 0. The van der Waals surface area contributed by atoms with Crippen molar-refractivity contribution < 1.29 is 4.79 Å². The fraction of sp³-hybridized carbons (Fsp3) is 0.389. The zero-order chi connectivity index (χ0) is 16.1. The highest BCUT2D eigenvalue weighted by Crippen LogP contribution is 2.22. The summed E-state index contributed by atoms with van der Waals surface area (Å²) in [5.74, 6) is 0.542. The van der Waals surface area contributed by atoms with Crippen molar-refractivity contribution in [2.75, 3.05) is 18.0 Å². The molecule has 2 aromatic heterocycles. The van der Waals surface area contributed by atoms with E-state index in [1.54, 1.807) is 18.6 Å². The number of anilines is 1. The highest BCUT2D eigenvalue weighted by atomic mass is 16.1. The van der Waals surface area contributed by atoms with Crippen molar-refractivity contribution in [3.63, 3.8) is 0 Å².